The maximum atomic E-state index is 11.7. The first-order chi connectivity index (χ1) is 8.27. The van der Waals surface area contributed by atoms with Gasteiger partial charge in [0.1, 0.15) is 5.82 Å². The predicted octanol–water partition coefficient (Wildman–Crippen LogP) is 1.43. The fourth-order valence-corrected chi connectivity index (χ4v) is 1.59. The van der Waals surface area contributed by atoms with Crippen molar-refractivity contribution in [1.29, 1.82) is 0 Å². The Bertz CT molecular complexity index is 498. The van der Waals surface area contributed by atoms with Gasteiger partial charge >= 0.3 is 0 Å². The van der Waals surface area contributed by atoms with E-state index in [1.165, 1.54) is 12.4 Å². The van der Waals surface area contributed by atoms with Gasteiger partial charge in [0, 0.05) is 37.8 Å². The van der Waals surface area contributed by atoms with Crippen molar-refractivity contribution in [3.8, 4) is 0 Å². The van der Waals surface area contributed by atoms with Crippen molar-refractivity contribution < 1.29 is 4.79 Å². The summed E-state index contributed by atoms with van der Waals surface area (Å²) in [5, 5.41) is 3.12. The van der Waals surface area contributed by atoms with E-state index in [-0.39, 0.29) is 5.91 Å². The summed E-state index contributed by atoms with van der Waals surface area (Å²) in [5.74, 6) is 0.634. The van der Waals surface area contributed by atoms with Crippen molar-refractivity contribution in [2.75, 3.05) is 6.54 Å². The lowest BCUT2D eigenvalue weighted by atomic mass is 10.2. The van der Waals surface area contributed by atoms with E-state index >= 15 is 0 Å². The Balaban J connectivity index is 1.88. The highest BCUT2D eigenvalue weighted by atomic mass is 35.5. The van der Waals surface area contributed by atoms with Gasteiger partial charge in [0.25, 0.3) is 5.91 Å². The largest absolute Gasteiger partial charge is 0.352 e. The van der Waals surface area contributed by atoms with Gasteiger partial charge in [0.15, 0.2) is 0 Å². The van der Waals surface area contributed by atoms with E-state index < -0.39 is 0 Å². The molecule has 0 unspecified atom stereocenters. The first-order valence-corrected chi connectivity index (χ1v) is 5.51. The van der Waals surface area contributed by atoms with Gasteiger partial charge in [0.05, 0.1) is 10.6 Å². The molecule has 2 aromatic heterocycles. The van der Waals surface area contributed by atoms with E-state index in [2.05, 4.69) is 20.3 Å². The highest BCUT2D eigenvalue weighted by Gasteiger charge is 2.09. The van der Waals surface area contributed by atoms with Crippen LogP contribution in [0.4, 0.5) is 0 Å². The van der Waals surface area contributed by atoms with Gasteiger partial charge in [-0.1, -0.05) is 11.6 Å². The fourth-order valence-electron chi connectivity index (χ4n) is 1.38. The van der Waals surface area contributed by atoms with Gasteiger partial charge in [-0.25, -0.2) is 4.98 Å². The van der Waals surface area contributed by atoms with E-state index in [0.717, 1.165) is 5.82 Å². The second-order valence-corrected chi connectivity index (χ2v) is 3.80. The number of hydrogen-bond donors (Lipinski definition) is 2. The van der Waals surface area contributed by atoms with Crippen molar-refractivity contribution >= 4 is 17.5 Å². The lowest BCUT2D eigenvalue weighted by Gasteiger charge is -2.05. The monoisotopic (exact) mass is 250 g/mol. The Morgan fingerprint density at radius 1 is 1.47 bits per heavy atom. The van der Waals surface area contributed by atoms with Crippen LogP contribution in [0.2, 0.25) is 5.02 Å². The summed E-state index contributed by atoms with van der Waals surface area (Å²) in [6, 6.07) is 1.59. The lowest BCUT2D eigenvalue weighted by molar-refractivity contribution is 0.0954. The van der Waals surface area contributed by atoms with Crippen molar-refractivity contribution in [3.05, 3.63) is 47.3 Å². The number of H-pyrrole nitrogens is 1. The van der Waals surface area contributed by atoms with Gasteiger partial charge in [-0.3, -0.25) is 9.78 Å². The molecule has 88 valence electrons. The number of aromatic nitrogens is 3. The van der Waals surface area contributed by atoms with Crippen LogP contribution in [0.5, 0.6) is 0 Å². The quantitative estimate of drug-likeness (QED) is 0.862. The number of amides is 1. The topological polar surface area (TPSA) is 70.7 Å². The van der Waals surface area contributed by atoms with Gasteiger partial charge < -0.3 is 10.3 Å². The van der Waals surface area contributed by atoms with Crippen LogP contribution in [-0.2, 0) is 6.42 Å². The Morgan fingerprint density at radius 2 is 2.35 bits per heavy atom. The molecule has 0 aliphatic rings. The van der Waals surface area contributed by atoms with Crippen LogP contribution in [0.1, 0.15) is 16.2 Å². The SMILES string of the molecule is O=C(NCCc1ncc[nH]1)c1ccncc1Cl. The molecular formula is C11H11ClN4O. The van der Waals surface area contributed by atoms with Crippen molar-refractivity contribution in [3.63, 3.8) is 0 Å². The fraction of sp³-hybridized carbons (Fsp3) is 0.182. The second-order valence-electron chi connectivity index (χ2n) is 3.40. The Morgan fingerprint density at radius 3 is 3.06 bits per heavy atom. The molecule has 1 amide bonds. The average molecular weight is 251 g/mol. The molecule has 0 fully saturated rings. The second kappa shape index (κ2) is 5.45. The molecule has 2 N–H and O–H groups in total. The van der Waals surface area contributed by atoms with Crippen LogP contribution in [-0.4, -0.2) is 27.4 Å². The highest BCUT2D eigenvalue weighted by Crippen LogP contribution is 2.12. The molecule has 5 nitrogen and oxygen atoms in total. The zero-order chi connectivity index (χ0) is 12.1. The molecule has 0 bridgehead atoms. The average Bonchev–Trinajstić information content (AvgIpc) is 2.82. The number of carbonyl (C=O) groups excluding carboxylic acids is 1. The number of nitrogens with zero attached hydrogens (tertiary/aromatic N) is 2. The summed E-state index contributed by atoms with van der Waals surface area (Å²) >= 11 is 5.86. The molecule has 0 aliphatic carbocycles. The first-order valence-electron chi connectivity index (χ1n) is 5.13. The van der Waals surface area contributed by atoms with E-state index in [0.29, 0.717) is 23.6 Å². The van der Waals surface area contributed by atoms with Crippen LogP contribution in [0.15, 0.2) is 30.9 Å². The zero-order valence-corrected chi connectivity index (χ0v) is 9.74. The standard InChI is InChI=1S/C11H11ClN4O/c12-9-7-13-3-1-8(9)11(17)16-4-2-10-14-5-6-15-10/h1,3,5-7H,2,4H2,(H,14,15)(H,16,17). The minimum atomic E-state index is -0.205. The Hall–Kier alpha value is -1.88. The predicted molar refractivity (Wildman–Crippen MR) is 63.9 cm³/mol. The van der Waals surface area contributed by atoms with E-state index in [9.17, 15) is 4.79 Å². The zero-order valence-electron chi connectivity index (χ0n) is 8.98. The lowest BCUT2D eigenvalue weighted by Crippen LogP contribution is -2.26. The van der Waals surface area contributed by atoms with E-state index in [4.69, 9.17) is 11.6 Å². The normalized spacial score (nSPS) is 10.2. The number of aromatic amines is 1. The number of pyridine rings is 1. The summed E-state index contributed by atoms with van der Waals surface area (Å²) in [6.07, 6.45) is 7.06. The number of nitrogens with one attached hydrogen (secondary N) is 2. The minimum Gasteiger partial charge on any atom is -0.352 e. The van der Waals surface area contributed by atoms with Crippen molar-refractivity contribution in [1.82, 2.24) is 20.3 Å². The van der Waals surface area contributed by atoms with E-state index in [1.54, 1.807) is 18.5 Å². The molecule has 0 aliphatic heterocycles. The van der Waals surface area contributed by atoms with Crippen LogP contribution in [0.25, 0.3) is 0 Å². The first kappa shape index (κ1) is 11.6. The summed E-state index contributed by atoms with van der Waals surface area (Å²) in [7, 11) is 0. The van der Waals surface area contributed by atoms with Crippen LogP contribution < -0.4 is 5.32 Å². The molecule has 0 saturated heterocycles. The summed E-state index contributed by atoms with van der Waals surface area (Å²) < 4.78 is 0. The molecular weight excluding hydrogens is 240 g/mol. The maximum absolute atomic E-state index is 11.7. The molecule has 0 atom stereocenters. The maximum Gasteiger partial charge on any atom is 0.252 e. The third-order valence-electron chi connectivity index (χ3n) is 2.22. The van der Waals surface area contributed by atoms with Crippen molar-refractivity contribution in [2.45, 2.75) is 6.42 Å². The molecule has 0 spiro atoms. The third-order valence-corrected chi connectivity index (χ3v) is 2.52. The molecule has 6 heteroatoms. The molecule has 17 heavy (non-hydrogen) atoms. The van der Waals surface area contributed by atoms with Gasteiger partial charge in [-0.05, 0) is 6.07 Å². The number of halogens is 1. The highest BCUT2D eigenvalue weighted by molar-refractivity contribution is 6.33. The molecule has 2 aromatic rings. The number of imidazole rings is 1. The molecule has 0 saturated carbocycles. The third kappa shape index (κ3) is 3.04. The van der Waals surface area contributed by atoms with Crippen LogP contribution in [0.3, 0.4) is 0 Å². The molecule has 0 aromatic carbocycles. The number of carbonyl (C=O) groups is 1. The van der Waals surface area contributed by atoms with E-state index in [1.807, 2.05) is 0 Å². The molecule has 0 radical (unpaired) electrons. The van der Waals surface area contributed by atoms with Crippen molar-refractivity contribution in [2.24, 2.45) is 0 Å². The molecule has 2 rings (SSSR count). The smallest absolute Gasteiger partial charge is 0.252 e. The van der Waals surface area contributed by atoms with Gasteiger partial charge in [0.2, 0.25) is 0 Å². The Labute approximate surface area is 103 Å². The number of hydrogen-bond acceptors (Lipinski definition) is 3. The van der Waals surface area contributed by atoms with Gasteiger partial charge in [-0.15, -0.1) is 0 Å². The summed E-state index contributed by atoms with van der Waals surface area (Å²) in [5.41, 5.74) is 0.432. The number of rotatable bonds is 4. The Kier molecular flexibility index (Phi) is 3.72. The molecule has 2 heterocycles. The van der Waals surface area contributed by atoms with Crippen LogP contribution in [0, 0.1) is 0 Å². The van der Waals surface area contributed by atoms with Gasteiger partial charge in [-0.2, -0.15) is 0 Å². The minimum absolute atomic E-state index is 0.205. The summed E-state index contributed by atoms with van der Waals surface area (Å²) in [6.45, 7) is 0.505. The van der Waals surface area contributed by atoms with Crippen LogP contribution >= 0.6 is 11.6 Å². The summed E-state index contributed by atoms with van der Waals surface area (Å²) in [4.78, 5) is 22.6.